The monoisotopic (exact) mass is 401 g/mol. The van der Waals surface area contributed by atoms with Gasteiger partial charge in [0.15, 0.2) is 5.65 Å². The van der Waals surface area contributed by atoms with Gasteiger partial charge in [0.2, 0.25) is 0 Å². The van der Waals surface area contributed by atoms with Crippen molar-refractivity contribution >= 4 is 22.6 Å². The second-order valence-electron chi connectivity index (χ2n) is 6.93. The summed E-state index contributed by atoms with van der Waals surface area (Å²) >= 11 is 0. The van der Waals surface area contributed by atoms with E-state index in [2.05, 4.69) is 10.4 Å². The molecule has 2 aromatic carbocycles. The van der Waals surface area contributed by atoms with Gasteiger partial charge in [0.1, 0.15) is 0 Å². The number of benzene rings is 2. The van der Waals surface area contributed by atoms with Crippen LogP contribution >= 0.6 is 0 Å². The highest BCUT2D eigenvalue weighted by Gasteiger charge is 2.19. The summed E-state index contributed by atoms with van der Waals surface area (Å²) in [5.74, 6) is -0.256. The molecule has 0 fully saturated rings. The Hall–Kier alpha value is -4.07. The van der Waals surface area contributed by atoms with Gasteiger partial charge in [-0.15, -0.1) is 0 Å². The molecule has 0 aliphatic heterocycles. The molecule has 4 aromatic rings. The van der Waals surface area contributed by atoms with Crippen molar-refractivity contribution in [2.75, 3.05) is 0 Å². The van der Waals surface area contributed by atoms with Gasteiger partial charge in [0.25, 0.3) is 11.6 Å². The van der Waals surface area contributed by atoms with Crippen LogP contribution in [0.15, 0.2) is 60.7 Å². The van der Waals surface area contributed by atoms with Gasteiger partial charge in [-0.2, -0.15) is 5.10 Å². The number of hydrogen-bond acceptors (Lipinski definition) is 5. The molecule has 0 atom stereocenters. The Bertz CT molecular complexity index is 1250. The maximum atomic E-state index is 13.1. The number of hydrogen-bond donors (Lipinski definition) is 1. The third-order valence-electron chi connectivity index (χ3n) is 4.88. The van der Waals surface area contributed by atoms with Crippen LogP contribution in [0.2, 0.25) is 0 Å². The van der Waals surface area contributed by atoms with Gasteiger partial charge in [-0.05, 0) is 18.6 Å². The van der Waals surface area contributed by atoms with Crippen molar-refractivity contribution in [3.63, 3.8) is 0 Å². The Labute approximate surface area is 172 Å². The summed E-state index contributed by atoms with van der Waals surface area (Å²) in [5, 5.41) is 18.8. The number of pyridine rings is 1. The van der Waals surface area contributed by atoms with Crippen molar-refractivity contribution in [1.82, 2.24) is 20.1 Å². The predicted molar refractivity (Wildman–Crippen MR) is 113 cm³/mol. The van der Waals surface area contributed by atoms with Gasteiger partial charge < -0.3 is 5.32 Å². The second kappa shape index (κ2) is 7.75. The predicted octanol–water partition coefficient (Wildman–Crippen LogP) is 3.78. The number of nitro benzene ring substituents is 1. The van der Waals surface area contributed by atoms with Crippen LogP contribution in [-0.4, -0.2) is 25.6 Å². The van der Waals surface area contributed by atoms with Gasteiger partial charge in [-0.3, -0.25) is 19.6 Å². The van der Waals surface area contributed by atoms with Crippen molar-refractivity contribution < 1.29 is 9.72 Å². The number of carbonyl (C=O) groups is 1. The molecule has 150 valence electrons. The molecule has 0 saturated heterocycles. The number of fused-ring (bicyclic) bond motifs is 1. The molecule has 2 heterocycles. The highest BCUT2D eigenvalue weighted by molar-refractivity contribution is 6.07. The molecule has 8 nitrogen and oxygen atoms in total. The minimum atomic E-state index is -0.452. The number of aryl methyl sites for hydroxylation is 2. The molecule has 0 unspecified atom stereocenters. The molecule has 0 saturated carbocycles. The summed E-state index contributed by atoms with van der Waals surface area (Å²) in [5.41, 5.74) is 4.22. The van der Waals surface area contributed by atoms with E-state index in [1.54, 1.807) is 29.9 Å². The second-order valence-corrected chi connectivity index (χ2v) is 6.93. The summed E-state index contributed by atoms with van der Waals surface area (Å²) in [4.78, 5) is 28.1. The average molecular weight is 401 g/mol. The molecule has 0 aliphatic carbocycles. The number of carbonyl (C=O) groups excluding carboxylic acids is 1. The minimum absolute atomic E-state index is 0.0133. The zero-order chi connectivity index (χ0) is 21.3. The Balaban J connectivity index is 1.68. The third kappa shape index (κ3) is 3.62. The van der Waals surface area contributed by atoms with Crippen molar-refractivity contribution in [2.45, 2.75) is 13.5 Å². The Morgan fingerprint density at radius 1 is 1.13 bits per heavy atom. The molecule has 0 aliphatic rings. The van der Waals surface area contributed by atoms with Crippen LogP contribution in [0.1, 0.15) is 21.6 Å². The number of aromatic nitrogens is 3. The van der Waals surface area contributed by atoms with Crippen LogP contribution in [0, 0.1) is 17.0 Å². The lowest BCUT2D eigenvalue weighted by Crippen LogP contribution is -2.23. The molecule has 30 heavy (non-hydrogen) atoms. The normalized spacial score (nSPS) is 10.9. The molecule has 0 spiro atoms. The lowest BCUT2D eigenvalue weighted by Gasteiger charge is -2.10. The first-order valence-electron chi connectivity index (χ1n) is 9.35. The molecular formula is C22H19N5O3. The molecule has 4 rings (SSSR count). The number of amides is 1. The van der Waals surface area contributed by atoms with E-state index in [1.165, 1.54) is 12.1 Å². The van der Waals surface area contributed by atoms with Gasteiger partial charge >= 0.3 is 0 Å². The van der Waals surface area contributed by atoms with Crippen molar-refractivity contribution in [2.24, 2.45) is 7.05 Å². The Kier molecular flexibility index (Phi) is 4.97. The van der Waals surface area contributed by atoms with E-state index in [4.69, 9.17) is 4.98 Å². The maximum absolute atomic E-state index is 13.1. The maximum Gasteiger partial charge on any atom is 0.269 e. The SMILES string of the molecule is Cc1nn(C)c2nc(-c3ccccc3)cc(C(=O)NCc3ccc([N+](=O)[O-])cc3)c12. The van der Waals surface area contributed by atoms with Crippen molar-refractivity contribution in [3.8, 4) is 11.3 Å². The Morgan fingerprint density at radius 3 is 2.50 bits per heavy atom. The van der Waals surface area contributed by atoms with Crippen molar-refractivity contribution in [3.05, 3.63) is 87.6 Å². The van der Waals surface area contributed by atoms with Gasteiger partial charge in [-0.25, -0.2) is 4.98 Å². The zero-order valence-electron chi connectivity index (χ0n) is 16.5. The van der Waals surface area contributed by atoms with Crippen LogP contribution in [0.3, 0.4) is 0 Å². The van der Waals surface area contributed by atoms with E-state index in [9.17, 15) is 14.9 Å². The van der Waals surface area contributed by atoms with Gasteiger partial charge in [0.05, 0.1) is 27.3 Å². The molecular weight excluding hydrogens is 382 g/mol. The fourth-order valence-electron chi connectivity index (χ4n) is 3.39. The quantitative estimate of drug-likeness (QED) is 0.405. The smallest absolute Gasteiger partial charge is 0.269 e. The van der Waals surface area contributed by atoms with Crippen LogP contribution in [0.5, 0.6) is 0 Å². The van der Waals surface area contributed by atoms with E-state index in [1.807, 2.05) is 37.3 Å². The molecule has 0 radical (unpaired) electrons. The number of nitrogens with one attached hydrogen (secondary N) is 1. The average Bonchev–Trinajstić information content (AvgIpc) is 3.06. The van der Waals surface area contributed by atoms with E-state index < -0.39 is 4.92 Å². The van der Waals surface area contributed by atoms with E-state index in [0.29, 0.717) is 22.3 Å². The first-order valence-corrected chi connectivity index (χ1v) is 9.35. The highest BCUT2D eigenvalue weighted by atomic mass is 16.6. The summed E-state index contributed by atoms with van der Waals surface area (Å²) in [6.07, 6.45) is 0. The third-order valence-corrected chi connectivity index (χ3v) is 4.88. The number of nitro groups is 1. The number of rotatable bonds is 5. The molecule has 1 N–H and O–H groups in total. The topological polar surface area (TPSA) is 103 Å². The number of nitrogens with zero attached hydrogens (tertiary/aromatic N) is 4. The zero-order valence-corrected chi connectivity index (χ0v) is 16.5. The lowest BCUT2D eigenvalue weighted by molar-refractivity contribution is -0.384. The van der Waals surface area contributed by atoms with Crippen LogP contribution in [-0.2, 0) is 13.6 Å². The van der Waals surface area contributed by atoms with E-state index in [0.717, 1.165) is 16.8 Å². The molecule has 1 amide bonds. The summed E-state index contributed by atoms with van der Waals surface area (Å²) in [6, 6.07) is 17.5. The summed E-state index contributed by atoms with van der Waals surface area (Å²) < 4.78 is 1.67. The molecule has 8 heteroatoms. The van der Waals surface area contributed by atoms with Gasteiger partial charge in [0, 0.05) is 31.3 Å². The standard InChI is InChI=1S/C22H19N5O3/c1-14-20-18(22(28)23-13-15-8-10-17(11-9-15)27(29)30)12-19(16-6-4-3-5-7-16)24-21(20)26(2)25-14/h3-12H,13H2,1-2H3,(H,23,28). The van der Waals surface area contributed by atoms with Crippen molar-refractivity contribution in [1.29, 1.82) is 0 Å². The van der Waals surface area contributed by atoms with Crippen LogP contribution in [0.4, 0.5) is 5.69 Å². The fraction of sp³-hybridized carbons (Fsp3) is 0.136. The first kappa shape index (κ1) is 19.3. The van der Waals surface area contributed by atoms with E-state index >= 15 is 0 Å². The minimum Gasteiger partial charge on any atom is -0.348 e. The first-order chi connectivity index (χ1) is 14.4. The number of non-ortho nitro benzene ring substituents is 1. The van der Waals surface area contributed by atoms with E-state index in [-0.39, 0.29) is 18.1 Å². The molecule has 2 aromatic heterocycles. The summed E-state index contributed by atoms with van der Waals surface area (Å²) in [6.45, 7) is 2.10. The lowest BCUT2D eigenvalue weighted by atomic mass is 10.0. The fourth-order valence-corrected chi connectivity index (χ4v) is 3.39. The largest absolute Gasteiger partial charge is 0.348 e. The molecule has 0 bridgehead atoms. The summed E-state index contributed by atoms with van der Waals surface area (Å²) in [7, 11) is 1.80. The van der Waals surface area contributed by atoms with Crippen LogP contribution < -0.4 is 5.32 Å². The Morgan fingerprint density at radius 2 is 1.83 bits per heavy atom. The highest BCUT2D eigenvalue weighted by Crippen LogP contribution is 2.26. The van der Waals surface area contributed by atoms with Crippen LogP contribution in [0.25, 0.3) is 22.3 Å². The van der Waals surface area contributed by atoms with Gasteiger partial charge in [-0.1, -0.05) is 42.5 Å².